The second kappa shape index (κ2) is 6.04. The highest BCUT2D eigenvalue weighted by Crippen LogP contribution is 2.19. The fraction of sp³-hybridized carbons (Fsp3) is 0.769. The zero-order valence-corrected chi connectivity index (χ0v) is 11.7. The highest BCUT2D eigenvalue weighted by Gasteiger charge is 2.31. The lowest BCUT2D eigenvalue weighted by molar-refractivity contribution is -0.140. The van der Waals surface area contributed by atoms with Crippen molar-refractivity contribution < 1.29 is 19.5 Å². The van der Waals surface area contributed by atoms with Crippen molar-refractivity contribution in [1.29, 1.82) is 0 Å². The molecule has 0 aliphatic carbocycles. The molecule has 19 heavy (non-hydrogen) atoms. The smallest absolute Gasteiger partial charge is 0.303 e. The van der Waals surface area contributed by atoms with Gasteiger partial charge in [-0.25, -0.2) is 0 Å². The molecule has 1 unspecified atom stereocenters. The summed E-state index contributed by atoms with van der Waals surface area (Å²) in [6, 6.07) is 0. The summed E-state index contributed by atoms with van der Waals surface area (Å²) in [4.78, 5) is 35.8. The van der Waals surface area contributed by atoms with Crippen molar-refractivity contribution in [3.8, 4) is 0 Å². The number of carbonyl (C=O) groups excluding carboxylic acids is 2. The van der Waals surface area contributed by atoms with Crippen LogP contribution < -0.4 is 5.32 Å². The fourth-order valence-electron chi connectivity index (χ4n) is 2.08. The van der Waals surface area contributed by atoms with Gasteiger partial charge in [0, 0.05) is 37.9 Å². The molecule has 6 nitrogen and oxygen atoms in total. The number of nitrogens with zero attached hydrogens (tertiary/aromatic N) is 1. The molecule has 108 valence electrons. The zero-order chi connectivity index (χ0) is 14.6. The van der Waals surface area contributed by atoms with E-state index in [1.807, 2.05) is 0 Å². The second-order valence-corrected chi connectivity index (χ2v) is 5.77. The van der Waals surface area contributed by atoms with Gasteiger partial charge in [0.15, 0.2) is 0 Å². The first kappa shape index (κ1) is 15.5. The van der Waals surface area contributed by atoms with Crippen molar-refractivity contribution in [1.82, 2.24) is 10.2 Å². The SMILES string of the molecule is CN1CCC(C(=O)NC(C)(C)CCC(=O)O)CC1=O. The summed E-state index contributed by atoms with van der Waals surface area (Å²) in [5.74, 6) is -1.35. The Labute approximate surface area is 113 Å². The highest BCUT2D eigenvalue weighted by atomic mass is 16.4. The third kappa shape index (κ3) is 4.89. The van der Waals surface area contributed by atoms with Crippen LogP contribution >= 0.6 is 0 Å². The van der Waals surface area contributed by atoms with E-state index >= 15 is 0 Å². The van der Waals surface area contributed by atoms with Crippen LogP contribution in [0.4, 0.5) is 0 Å². The molecule has 1 fully saturated rings. The van der Waals surface area contributed by atoms with Gasteiger partial charge in [-0.1, -0.05) is 0 Å². The van der Waals surface area contributed by atoms with Crippen LogP contribution in [-0.2, 0) is 14.4 Å². The number of carbonyl (C=O) groups is 3. The lowest BCUT2D eigenvalue weighted by atomic mass is 9.92. The van der Waals surface area contributed by atoms with Gasteiger partial charge >= 0.3 is 5.97 Å². The summed E-state index contributed by atoms with van der Waals surface area (Å²) >= 11 is 0. The molecule has 1 aliphatic rings. The van der Waals surface area contributed by atoms with E-state index in [9.17, 15) is 14.4 Å². The maximum atomic E-state index is 12.1. The van der Waals surface area contributed by atoms with Gasteiger partial charge in [-0.2, -0.15) is 0 Å². The van der Waals surface area contributed by atoms with Gasteiger partial charge in [-0.05, 0) is 26.7 Å². The molecule has 0 aromatic carbocycles. The Morgan fingerprint density at radius 2 is 2.11 bits per heavy atom. The lowest BCUT2D eigenvalue weighted by Gasteiger charge is -2.32. The van der Waals surface area contributed by atoms with E-state index in [-0.39, 0.29) is 30.6 Å². The molecule has 0 radical (unpaired) electrons. The van der Waals surface area contributed by atoms with Gasteiger partial charge in [0.1, 0.15) is 0 Å². The molecule has 0 bridgehead atoms. The van der Waals surface area contributed by atoms with Crippen LogP contribution in [0.3, 0.4) is 0 Å². The van der Waals surface area contributed by atoms with E-state index < -0.39 is 11.5 Å². The zero-order valence-electron chi connectivity index (χ0n) is 11.7. The van der Waals surface area contributed by atoms with Crippen molar-refractivity contribution in [3.63, 3.8) is 0 Å². The van der Waals surface area contributed by atoms with Gasteiger partial charge in [-0.3, -0.25) is 14.4 Å². The van der Waals surface area contributed by atoms with Crippen molar-refractivity contribution in [3.05, 3.63) is 0 Å². The quantitative estimate of drug-likeness (QED) is 0.766. The molecule has 1 rings (SSSR count). The molecular weight excluding hydrogens is 248 g/mol. The predicted molar refractivity (Wildman–Crippen MR) is 69.5 cm³/mol. The fourth-order valence-corrected chi connectivity index (χ4v) is 2.08. The van der Waals surface area contributed by atoms with E-state index in [4.69, 9.17) is 5.11 Å². The van der Waals surface area contributed by atoms with Crippen molar-refractivity contribution in [2.75, 3.05) is 13.6 Å². The average Bonchev–Trinajstić information content (AvgIpc) is 2.29. The average molecular weight is 270 g/mol. The molecule has 6 heteroatoms. The third-order valence-corrected chi connectivity index (χ3v) is 3.46. The molecule has 1 aliphatic heterocycles. The van der Waals surface area contributed by atoms with E-state index in [2.05, 4.69) is 5.32 Å². The molecule has 2 N–H and O–H groups in total. The van der Waals surface area contributed by atoms with E-state index in [0.717, 1.165) is 0 Å². The first-order chi connectivity index (χ1) is 8.71. The summed E-state index contributed by atoms with van der Waals surface area (Å²) < 4.78 is 0. The van der Waals surface area contributed by atoms with Crippen LogP contribution in [0.15, 0.2) is 0 Å². The maximum absolute atomic E-state index is 12.1. The standard InChI is InChI=1S/C13H22N2O4/c1-13(2,6-4-11(17)18)14-12(19)9-5-7-15(3)10(16)8-9/h9H,4-8H2,1-3H3,(H,14,19)(H,17,18). The van der Waals surface area contributed by atoms with E-state index in [0.29, 0.717) is 19.4 Å². The van der Waals surface area contributed by atoms with E-state index in [1.165, 1.54) is 0 Å². The Morgan fingerprint density at radius 1 is 1.47 bits per heavy atom. The van der Waals surface area contributed by atoms with Crippen molar-refractivity contribution in [2.24, 2.45) is 5.92 Å². The Morgan fingerprint density at radius 3 is 2.63 bits per heavy atom. The number of likely N-dealkylation sites (tertiary alicyclic amines) is 1. The molecule has 1 heterocycles. The Kier molecular flexibility index (Phi) is 4.91. The Bertz CT molecular complexity index is 379. The number of rotatable bonds is 5. The minimum atomic E-state index is -0.878. The van der Waals surface area contributed by atoms with Crippen LogP contribution in [0.25, 0.3) is 0 Å². The van der Waals surface area contributed by atoms with Crippen LogP contribution in [0.2, 0.25) is 0 Å². The topological polar surface area (TPSA) is 86.7 Å². The van der Waals surface area contributed by atoms with Gasteiger partial charge < -0.3 is 15.3 Å². The highest BCUT2D eigenvalue weighted by molar-refractivity contribution is 5.87. The maximum Gasteiger partial charge on any atom is 0.303 e. The summed E-state index contributed by atoms with van der Waals surface area (Å²) in [6.07, 6.45) is 1.27. The lowest BCUT2D eigenvalue weighted by Crippen LogP contribution is -2.49. The molecule has 2 amide bonds. The van der Waals surface area contributed by atoms with Crippen molar-refractivity contribution in [2.45, 2.75) is 45.1 Å². The minimum Gasteiger partial charge on any atom is -0.481 e. The number of hydrogen-bond acceptors (Lipinski definition) is 3. The van der Waals surface area contributed by atoms with Crippen molar-refractivity contribution >= 4 is 17.8 Å². The third-order valence-electron chi connectivity index (χ3n) is 3.46. The molecule has 0 spiro atoms. The van der Waals surface area contributed by atoms with E-state index in [1.54, 1.807) is 25.8 Å². The van der Waals surface area contributed by atoms with Gasteiger partial charge in [0.05, 0.1) is 0 Å². The first-order valence-electron chi connectivity index (χ1n) is 6.49. The molecule has 0 aromatic rings. The van der Waals surface area contributed by atoms with Crippen LogP contribution in [0.5, 0.6) is 0 Å². The number of carboxylic acids is 1. The van der Waals surface area contributed by atoms with Crippen LogP contribution in [0.1, 0.15) is 39.5 Å². The molecular formula is C13H22N2O4. The number of nitrogens with one attached hydrogen (secondary N) is 1. The van der Waals surface area contributed by atoms with Gasteiger partial charge in [0.25, 0.3) is 0 Å². The minimum absolute atomic E-state index is 0.0135. The summed E-state index contributed by atoms with van der Waals surface area (Å²) in [5, 5.41) is 11.5. The summed E-state index contributed by atoms with van der Waals surface area (Å²) in [6.45, 7) is 4.18. The number of piperidine rings is 1. The number of carboxylic acid groups (broad SMARTS) is 1. The Hall–Kier alpha value is -1.59. The number of aliphatic carboxylic acids is 1. The number of hydrogen-bond donors (Lipinski definition) is 2. The number of amides is 2. The molecule has 1 atom stereocenters. The normalized spacial score (nSPS) is 20.3. The van der Waals surface area contributed by atoms with Gasteiger partial charge in [-0.15, -0.1) is 0 Å². The van der Waals surface area contributed by atoms with Gasteiger partial charge in [0.2, 0.25) is 11.8 Å². The summed E-state index contributed by atoms with van der Waals surface area (Å²) in [5.41, 5.74) is -0.568. The molecule has 1 saturated heterocycles. The van der Waals surface area contributed by atoms with Crippen LogP contribution in [-0.4, -0.2) is 46.9 Å². The summed E-state index contributed by atoms with van der Waals surface area (Å²) in [7, 11) is 1.73. The molecule has 0 saturated carbocycles. The first-order valence-corrected chi connectivity index (χ1v) is 6.49. The molecule has 0 aromatic heterocycles. The Balaban J connectivity index is 2.50. The predicted octanol–water partition coefficient (Wildman–Crippen LogP) is 0.614. The monoisotopic (exact) mass is 270 g/mol. The van der Waals surface area contributed by atoms with Crippen LogP contribution in [0, 0.1) is 5.92 Å². The second-order valence-electron chi connectivity index (χ2n) is 5.77. The largest absolute Gasteiger partial charge is 0.481 e.